The van der Waals surface area contributed by atoms with Crippen molar-refractivity contribution in [2.24, 2.45) is 5.73 Å². The molecule has 2 aromatic heterocycles. The predicted molar refractivity (Wildman–Crippen MR) is 101 cm³/mol. The Morgan fingerprint density at radius 3 is 2.96 bits per heavy atom. The second kappa shape index (κ2) is 6.37. The van der Waals surface area contributed by atoms with E-state index in [0.29, 0.717) is 5.02 Å². The second-order valence-corrected chi connectivity index (χ2v) is 5.80. The van der Waals surface area contributed by atoms with Crippen LogP contribution in [0.15, 0.2) is 49.1 Å². The van der Waals surface area contributed by atoms with Crippen LogP contribution in [0.3, 0.4) is 0 Å². The summed E-state index contributed by atoms with van der Waals surface area (Å²) in [7, 11) is 0. The maximum absolute atomic E-state index is 7.50. The summed E-state index contributed by atoms with van der Waals surface area (Å²) in [5.74, 6) is 0.278. The van der Waals surface area contributed by atoms with Gasteiger partial charge in [0, 0.05) is 29.0 Å². The van der Waals surface area contributed by atoms with Crippen molar-refractivity contribution in [1.82, 2.24) is 9.97 Å². The quantitative estimate of drug-likeness (QED) is 0.479. The van der Waals surface area contributed by atoms with Crippen LogP contribution in [0.25, 0.3) is 22.2 Å². The number of aromatic nitrogens is 2. The molecule has 0 aliphatic carbocycles. The number of nitrogens with zero attached hydrogens (tertiary/aromatic N) is 2. The average molecular weight is 340 g/mol. The van der Waals surface area contributed by atoms with Crippen molar-refractivity contribution in [2.45, 2.75) is 13.3 Å². The number of nitrogens with two attached hydrogens (primary N) is 1. The molecule has 0 saturated carbocycles. The van der Waals surface area contributed by atoms with Crippen molar-refractivity contribution >= 4 is 34.7 Å². The average Bonchev–Trinajstić information content (AvgIpc) is 3.00. The largest absolute Gasteiger partial charge is 0.385 e. The van der Waals surface area contributed by atoms with Crippen molar-refractivity contribution in [2.75, 3.05) is 4.90 Å². The number of pyridine rings is 1. The van der Waals surface area contributed by atoms with Crippen LogP contribution < -0.4 is 10.6 Å². The Morgan fingerprint density at radius 1 is 1.50 bits per heavy atom. The van der Waals surface area contributed by atoms with E-state index >= 15 is 0 Å². The number of rotatable bonds is 5. The molecule has 3 rings (SSSR count). The zero-order valence-corrected chi connectivity index (χ0v) is 14.1. The molecule has 6 heteroatoms. The lowest BCUT2D eigenvalue weighted by molar-refractivity contribution is 1.15. The minimum atomic E-state index is 0.278. The van der Waals surface area contributed by atoms with Crippen LogP contribution >= 0.6 is 11.6 Å². The second-order valence-electron chi connectivity index (χ2n) is 5.42. The molecule has 0 bridgehead atoms. The fourth-order valence-corrected chi connectivity index (χ4v) is 3.11. The fourth-order valence-electron chi connectivity index (χ4n) is 2.75. The summed E-state index contributed by atoms with van der Waals surface area (Å²) in [4.78, 5) is 9.12. The minimum absolute atomic E-state index is 0.278. The molecule has 1 aromatic carbocycles. The summed E-state index contributed by atoms with van der Waals surface area (Å²) in [6.45, 7) is 5.77. The Labute approximate surface area is 145 Å². The molecule has 0 aliphatic rings. The molecule has 0 spiro atoms. The number of fused-ring (bicyclic) bond motifs is 1. The van der Waals surface area contributed by atoms with Crippen molar-refractivity contribution in [3.05, 3.63) is 59.6 Å². The van der Waals surface area contributed by atoms with Crippen LogP contribution in [0.5, 0.6) is 0 Å². The van der Waals surface area contributed by atoms with E-state index in [9.17, 15) is 0 Å². The van der Waals surface area contributed by atoms with Gasteiger partial charge < -0.3 is 10.7 Å². The maximum Gasteiger partial charge on any atom is 0.139 e. The molecule has 0 unspecified atom stereocenters. The van der Waals surface area contributed by atoms with Crippen LogP contribution in [-0.2, 0) is 6.42 Å². The molecule has 5 nitrogen and oxygen atoms in total. The van der Waals surface area contributed by atoms with Crippen molar-refractivity contribution in [1.29, 1.82) is 5.41 Å². The van der Waals surface area contributed by atoms with Gasteiger partial charge in [-0.1, -0.05) is 37.2 Å². The minimum Gasteiger partial charge on any atom is -0.385 e. The number of aryl methyl sites for hydroxylation is 1. The number of aromatic amines is 1. The van der Waals surface area contributed by atoms with E-state index in [4.69, 9.17) is 22.7 Å². The van der Waals surface area contributed by atoms with Crippen LogP contribution in [-0.4, -0.2) is 16.3 Å². The molecule has 0 radical (unpaired) electrons. The number of anilines is 1. The topological polar surface area (TPSA) is 81.8 Å². The Hall–Kier alpha value is -2.79. The van der Waals surface area contributed by atoms with Gasteiger partial charge in [0.15, 0.2) is 0 Å². The first-order chi connectivity index (χ1) is 11.6. The standard InChI is InChI=1S/C18H18ClN5/c1-3-12-8-22-18-16(12)17(19)15(9-23-18)13-5-4-6-14(7-13)24(10-20)11(2)21/h4-10,20H,2-3,21H2,1H3,(H,22,23). The Morgan fingerprint density at radius 2 is 2.29 bits per heavy atom. The number of benzene rings is 1. The summed E-state index contributed by atoms with van der Waals surface area (Å²) < 4.78 is 0. The highest BCUT2D eigenvalue weighted by Crippen LogP contribution is 2.36. The third-order valence-electron chi connectivity index (χ3n) is 3.97. The van der Waals surface area contributed by atoms with Crippen LogP contribution in [0.1, 0.15) is 12.5 Å². The molecule has 3 aromatic rings. The van der Waals surface area contributed by atoms with Gasteiger partial charge in [-0.05, 0) is 29.7 Å². The monoisotopic (exact) mass is 339 g/mol. The molecule has 0 atom stereocenters. The number of hydrogen-bond acceptors (Lipinski definition) is 3. The fraction of sp³-hybridized carbons (Fsp3) is 0.111. The van der Waals surface area contributed by atoms with Gasteiger partial charge in [0.25, 0.3) is 0 Å². The van der Waals surface area contributed by atoms with Gasteiger partial charge in [0.1, 0.15) is 11.5 Å². The van der Waals surface area contributed by atoms with E-state index < -0.39 is 0 Å². The summed E-state index contributed by atoms with van der Waals surface area (Å²) in [6.07, 6.45) is 5.70. The van der Waals surface area contributed by atoms with Gasteiger partial charge in [-0.3, -0.25) is 10.3 Å². The molecule has 0 amide bonds. The van der Waals surface area contributed by atoms with Gasteiger partial charge in [-0.2, -0.15) is 0 Å². The van der Waals surface area contributed by atoms with Crippen LogP contribution in [0.2, 0.25) is 5.02 Å². The molecule has 0 aliphatic heterocycles. The van der Waals surface area contributed by atoms with Crippen LogP contribution in [0.4, 0.5) is 5.69 Å². The Bertz CT molecular complexity index is 928. The molecule has 0 fully saturated rings. The van der Waals surface area contributed by atoms with E-state index in [1.165, 1.54) is 4.90 Å². The van der Waals surface area contributed by atoms with E-state index in [0.717, 1.165) is 46.2 Å². The number of H-pyrrole nitrogens is 1. The molecule has 2 heterocycles. The van der Waals surface area contributed by atoms with Crippen molar-refractivity contribution in [3.8, 4) is 11.1 Å². The van der Waals surface area contributed by atoms with E-state index in [1.807, 2.05) is 30.5 Å². The van der Waals surface area contributed by atoms with Gasteiger partial charge in [0.05, 0.1) is 11.4 Å². The van der Waals surface area contributed by atoms with Crippen LogP contribution in [0, 0.1) is 5.41 Å². The molecule has 122 valence electrons. The zero-order chi connectivity index (χ0) is 17.3. The lowest BCUT2D eigenvalue weighted by Gasteiger charge is -2.19. The molecule has 24 heavy (non-hydrogen) atoms. The zero-order valence-electron chi connectivity index (χ0n) is 13.3. The van der Waals surface area contributed by atoms with E-state index in [2.05, 4.69) is 23.5 Å². The van der Waals surface area contributed by atoms with E-state index in [1.54, 1.807) is 6.20 Å². The Kier molecular flexibility index (Phi) is 4.27. The van der Waals surface area contributed by atoms with Gasteiger partial charge in [0.2, 0.25) is 0 Å². The SMILES string of the molecule is C=C(N)N(C=N)c1cccc(-c2cnc3[nH]cc(CC)c3c2Cl)c1. The van der Waals surface area contributed by atoms with Crippen molar-refractivity contribution in [3.63, 3.8) is 0 Å². The highest BCUT2D eigenvalue weighted by Gasteiger charge is 2.14. The first-order valence-corrected chi connectivity index (χ1v) is 7.93. The summed E-state index contributed by atoms with van der Waals surface area (Å²) in [5, 5.41) is 9.13. The lowest BCUT2D eigenvalue weighted by Crippen LogP contribution is -2.24. The maximum atomic E-state index is 7.50. The first kappa shape index (κ1) is 16.1. The van der Waals surface area contributed by atoms with Gasteiger partial charge in [-0.25, -0.2) is 4.98 Å². The van der Waals surface area contributed by atoms with Crippen molar-refractivity contribution < 1.29 is 0 Å². The molecule has 0 saturated heterocycles. The normalized spacial score (nSPS) is 10.8. The number of halogens is 1. The smallest absolute Gasteiger partial charge is 0.139 e. The highest BCUT2D eigenvalue weighted by molar-refractivity contribution is 6.38. The number of hydrogen-bond donors (Lipinski definition) is 3. The summed E-state index contributed by atoms with van der Waals surface area (Å²) >= 11 is 6.67. The third-order valence-corrected chi connectivity index (χ3v) is 4.37. The Balaban J connectivity index is 2.16. The number of nitrogens with one attached hydrogen (secondary N) is 2. The molecular formula is C18H18ClN5. The lowest BCUT2D eigenvalue weighted by atomic mass is 10.0. The highest BCUT2D eigenvalue weighted by atomic mass is 35.5. The molecular weight excluding hydrogens is 322 g/mol. The summed E-state index contributed by atoms with van der Waals surface area (Å²) in [6, 6.07) is 7.62. The van der Waals surface area contributed by atoms with E-state index in [-0.39, 0.29) is 5.82 Å². The third kappa shape index (κ3) is 2.63. The first-order valence-electron chi connectivity index (χ1n) is 7.56. The van der Waals surface area contributed by atoms with Gasteiger partial charge in [-0.15, -0.1) is 0 Å². The van der Waals surface area contributed by atoms with Gasteiger partial charge >= 0.3 is 0 Å². The molecule has 4 N–H and O–H groups in total. The predicted octanol–water partition coefficient (Wildman–Crippen LogP) is 4.29. The summed E-state index contributed by atoms with van der Waals surface area (Å²) in [5.41, 5.74) is 10.1.